The van der Waals surface area contributed by atoms with Gasteiger partial charge in [0.2, 0.25) is 6.79 Å². The first-order valence-electron chi connectivity index (χ1n) is 12.2. The summed E-state index contributed by atoms with van der Waals surface area (Å²) in [6.07, 6.45) is 3.57. The molecule has 0 saturated carbocycles. The van der Waals surface area contributed by atoms with E-state index in [-0.39, 0.29) is 18.6 Å². The third-order valence-corrected chi connectivity index (χ3v) is 5.93. The molecule has 3 aromatic rings. The van der Waals surface area contributed by atoms with Gasteiger partial charge >= 0.3 is 0 Å². The maximum Gasteiger partial charge on any atom is 0.262 e. The number of carbonyl (C=O) groups excluding carboxylic acids is 2. The molecule has 0 saturated heterocycles. The molecule has 4 rings (SSSR count). The molecule has 36 heavy (non-hydrogen) atoms. The van der Waals surface area contributed by atoms with Crippen molar-refractivity contribution in [3.63, 3.8) is 0 Å². The molecule has 0 spiro atoms. The molecule has 188 valence electrons. The third-order valence-electron chi connectivity index (χ3n) is 5.93. The first kappa shape index (κ1) is 25.0. The lowest BCUT2D eigenvalue weighted by molar-refractivity contribution is -0.123. The SMILES string of the molecule is CCCCOc1ccc2ccccc2c1/C=N/NC(=O)C(NC(=O)c1ccc2c(c1)OCO2)C(C)C. The maximum atomic E-state index is 13.0. The molecule has 1 atom stereocenters. The van der Waals surface area contributed by atoms with Crippen LogP contribution in [0, 0.1) is 5.92 Å². The topological polar surface area (TPSA) is 98.2 Å². The smallest absolute Gasteiger partial charge is 0.262 e. The summed E-state index contributed by atoms with van der Waals surface area (Å²) in [5, 5.41) is 9.04. The van der Waals surface area contributed by atoms with Crippen LogP contribution in [0.5, 0.6) is 17.2 Å². The van der Waals surface area contributed by atoms with Crippen LogP contribution < -0.4 is 25.0 Å². The van der Waals surface area contributed by atoms with Gasteiger partial charge in [-0.1, -0.05) is 57.5 Å². The Hall–Kier alpha value is -4.07. The first-order chi connectivity index (χ1) is 17.5. The summed E-state index contributed by atoms with van der Waals surface area (Å²) >= 11 is 0. The summed E-state index contributed by atoms with van der Waals surface area (Å²) in [7, 11) is 0. The highest BCUT2D eigenvalue weighted by Crippen LogP contribution is 2.32. The van der Waals surface area contributed by atoms with Gasteiger partial charge in [-0.25, -0.2) is 5.43 Å². The van der Waals surface area contributed by atoms with Crippen LogP contribution in [-0.2, 0) is 4.79 Å². The number of fused-ring (bicyclic) bond motifs is 2. The van der Waals surface area contributed by atoms with E-state index in [1.807, 2.05) is 50.2 Å². The Kier molecular flexibility index (Phi) is 8.05. The molecular weight excluding hydrogens is 458 g/mol. The number of hydrogen-bond donors (Lipinski definition) is 2. The second-order valence-corrected chi connectivity index (χ2v) is 8.90. The minimum absolute atomic E-state index is 0.123. The number of rotatable bonds is 10. The van der Waals surface area contributed by atoms with Gasteiger partial charge in [-0.15, -0.1) is 0 Å². The van der Waals surface area contributed by atoms with Gasteiger partial charge in [0.05, 0.1) is 12.8 Å². The highest BCUT2D eigenvalue weighted by molar-refractivity contribution is 6.03. The number of hydrogen-bond acceptors (Lipinski definition) is 6. The van der Waals surface area contributed by atoms with Crippen molar-refractivity contribution in [2.24, 2.45) is 11.0 Å². The Labute approximate surface area is 210 Å². The van der Waals surface area contributed by atoms with E-state index >= 15 is 0 Å². The van der Waals surface area contributed by atoms with Crippen molar-refractivity contribution in [2.75, 3.05) is 13.4 Å². The predicted octanol–water partition coefficient (Wildman–Crippen LogP) is 4.65. The van der Waals surface area contributed by atoms with Crippen molar-refractivity contribution in [3.8, 4) is 17.2 Å². The maximum absolute atomic E-state index is 13.0. The van der Waals surface area contributed by atoms with Crippen molar-refractivity contribution in [2.45, 2.75) is 39.7 Å². The van der Waals surface area contributed by atoms with Gasteiger partial charge in [-0.2, -0.15) is 5.10 Å². The third kappa shape index (κ3) is 5.76. The minimum atomic E-state index is -0.784. The fraction of sp³-hybridized carbons (Fsp3) is 0.321. The minimum Gasteiger partial charge on any atom is -0.493 e. The Morgan fingerprint density at radius 1 is 1.08 bits per heavy atom. The van der Waals surface area contributed by atoms with Crippen LogP contribution in [0.25, 0.3) is 10.8 Å². The van der Waals surface area contributed by atoms with Crippen LogP contribution in [0.15, 0.2) is 59.7 Å². The normalized spacial score (nSPS) is 13.2. The number of ether oxygens (including phenoxy) is 3. The fourth-order valence-electron chi connectivity index (χ4n) is 3.89. The van der Waals surface area contributed by atoms with E-state index in [1.54, 1.807) is 24.4 Å². The number of benzene rings is 3. The zero-order chi connectivity index (χ0) is 25.5. The van der Waals surface area contributed by atoms with Crippen LogP contribution in [0.3, 0.4) is 0 Å². The zero-order valence-electron chi connectivity index (χ0n) is 20.7. The molecule has 0 aromatic heterocycles. The molecule has 1 unspecified atom stereocenters. The van der Waals surface area contributed by atoms with Gasteiger partial charge in [0.25, 0.3) is 11.8 Å². The molecule has 0 bridgehead atoms. The average molecular weight is 490 g/mol. The summed E-state index contributed by atoms with van der Waals surface area (Å²) < 4.78 is 16.6. The van der Waals surface area contributed by atoms with E-state index < -0.39 is 11.9 Å². The number of hydrazone groups is 1. The van der Waals surface area contributed by atoms with Crippen LogP contribution in [0.2, 0.25) is 0 Å². The van der Waals surface area contributed by atoms with E-state index in [9.17, 15) is 9.59 Å². The van der Waals surface area contributed by atoms with Crippen LogP contribution in [0.4, 0.5) is 0 Å². The molecule has 8 heteroatoms. The lowest BCUT2D eigenvalue weighted by atomic mass is 10.0. The monoisotopic (exact) mass is 489 g/mol. The van der Waals surface area contributed by atoms with Gasteiger partial charge in [0.15, 0.2) is 11.5 Å². The zero-order valence-corrected chi connectivity index (χ0v) is 20.7. The Bertz CT molecular complexity index is 1270. The molecule has 1 aliphatic rings. The summed E-state index contributed by atoms with van der Waals surface area (Å²) in [5.41, 5.74) is 3.75. The van der Waals surface area contributed by atoms with E-state index in [2.05, 4.69) is 22.8 Å². The molecule has 1 heterocycles. The van der Waals surface area contributed by atoms with Gasteiger partial charge in [-0.05, 0) is 47.4 Å². The van der Waals surface area contributed by atoms with Gasteiger partial charge < -0.3 is 19.5 Å². The lowest BCUT2D eigenvalue weighted by Crippen LogP contribution is -2.48. The molecule has 1 aliphatic heterocycles. The van der Waals surface area contributed by atoms with Crippen LogP contribution in [0.1, 0.15) is 49.5 Å². The van der Waals surface area contributed by atoms with E-state index in [0.717, 1.165) is 29.2 Å². The Morgan fingerprint density at radius 3 is 2.69 bits per heavy atom. The largest absolute Gasteiger partial charge is 0.493 e. The number of amides is 2. The number of unbranched alkanes of at least 4 members (excludes halogenated alkanes) is 1. The highest BCUT2D eigenvalue weighted by Gasteiger charge is 2.25. The molecule has 0 radical (unpaired) electrons. The molecule has 3 aromatic carbocycles. The standard InChI is InChI=1S/C28H31N3O5/c1-4-5-14-34-23-12-10-19-8-6-7-9-21(19)22(23)16-29-31-28(33)26(18(2)3)30-27(32)20-11-13-24-25(15-20)36-17-35-24/h6-13,15-16,18,26H,4-5,14,17H2,1-3H3,(H,30,32)(H,31,33)/b29-16+. The van der Waals surface area contributed by atoms with E-state index in [4.69, 9.17) is 14.2 Å². The summed E-state index contributed by atoms with van der Waals surface area (Å²) in [6.45, 7) is 6.55. The van der Waals surface area contributed by atoms with Crippen molar-refractivity contribution in [1.29, 1.82) is 0 Å². The second kappa shape index (κ2) is 11.6. The Morgan fingerprint density at radius 2 is 1.89 bits per heavy atom. The summed E-state index contributed by atoms with van der Waals surface area (Å²) in [4.78, 5) is 25.8. The van der Waals surface area contributed by atoms with Crippen molar-refractivity contribution in [3.05, 3.63) is 65.7 Å². The molecule has 2 N–H and O–H groups in total. The van der Waals surface area contributed by atoms with Crippen LogP contribution >= 0.6 is 0 Å². The second-order valence-electron chi connectivity index (χ2n) is 8.90. The predicted molar refractivity (Wildman–Crippen MR) is 139 cm³/mol. The van der Waals surface area contributed by atoms with E-state index in [1.165, 1.54) is 0 Å². The first-order valence-corrected chi connectivity index (χ1v) is 12.2. The van der Waals surface area contributed by atoms with Gasteiger partial charge in [-0.3, -0.25) is 9.59 Å². The molecule has 8 nitrogen and oxygen atoms in total. The molecule has 0 fully saturated rings. The average Bonchev–Trinajstić information content (AvgIpc) is 3.36. The van der Waals surface area contributed by atoms with Crippen LogP contribution in [-0.4, -0.2) is 37.5 Å². The summed E-state index contributed by atoms with van der Waals surface area (Å²) in [5.74, 6) is 0.839. The molecule has 2 amide bonds. The summed E-state index contributed by atoms with van der Waals surface area (Å²) in [6, 6.07) is 16.0. The Balaban J connectivity index is 1.48. The number of carbonyl (C=O) groups is 2. The number of nitrogens with one attached hydrogen (secondary N) is 2. The fourth-order valence-corrected chi connectivity index (χ4v) is 3.89. The molecular formula is C28H31N3O5. The van der Waals surface area contributed by atoms with Crippen molar-refractivity contribution >= 4 is 28.8 Å². The van der Waals surface area contributed by atoms with Crippen molar-refractivity contribution < 1.29 is 23.8 Å². The molecule has 0 aliphatic carbocycles. The lowest BCUT2D eigenvalue weighted by Gasteiger charge is -2.20. The van der Waals surface area contributed by atoms with E-state index in [0.29, 0.717) is 29.4 Å². The number of nitrogens with zero attached hydrogens (tertiary/aromatic N) is 1. The van der Waals surface area contributed by atoms with Gasteiger partial charge in [0, 0.05) is 11.1 Å². The highest BCUT2D eigenvalue weighted by atomic mass is 16.7. The van der Waals surface area contributed by atoms with Gasteiger partial charge in [0.1, 0.15) is 11.8 Å². The van der Waals surface area contributed by atoms with Crippen molar-refractivity contribution in [1.82, 2.24) is 10.7 Å². The quantitative estimate of drug-likeness (QED) is 0.245.